The molecule has 0 aliphatic heterocycles. The Labute approximate surface area is 393 Å². The minimum absolute atomic E-state index is 0.0235. The van der Waals surface area contributed by atoms with Crippen LogP contribution in [0.15, 0.2) is 92.0 Å². The second-order valence-corrected chi connectivity index (χ2v) is 17.1. The van der Waals surface area contributed by atoms with Crippen molar-refractivity contribution in [2.75, 3.05) is 39.6 Å². The van der Waals surface area contributed by atoms with Gasteiger partial charge in [0, 0.05) is 12.2 Å². The highest BCUT2D eigenvalue weighted by Gasteiger charge is 2.30. The highest BCUT2D eigenvalue weighted by Crippen LogP contribution is 2.34. The number of hydrogen-bond acceptors (Lipinski definition) is 13. The molecule has 1 N–H and O–H groups in total. The highest BCUT2D eigenvalue weighted by molar-refractivity contribution is 5.91. The van der Waals surface area contributed by atoms with Crippen molar-refractivity contribution in [3.05, 3.63) is 97.6 Å². The molecule has 0 spiro atoms. The predicted octanol–water partition coefficient (Wildman–Crippen LogP) is 10.3. The quantitative estimate of drug-likeness (QED) is 0.0301. The molecule has 0 radical (unpaired) electrons. The van der Waals surface area contributed by atoms with Crippen LogP contribution in [-0.4, -0.2) is 74.6 Å². The largest absolute Gasteiger partial charge is 0.494 e. The molecule has 2 aliphatic rings. The lowest BCUT2D eigenvalue weighted by atomic mass is 9.82. The monoisotopic (exact) mass is 926 g/mol. The van der Waals surface area contributed by atoms with Crippen LogP contribution in [0.25, 0.3) is 0 Å². The van der Waals surface area contributed by atoms with Gasteiger partial charge in [0.05, 0.1) is 51.5 Å². The van der Waals surface area contributed by atoms with E-state index < -0.39 is 17.9 Å². The third-order valence-electron chi connectivity index (χ3n) is 12.0. The second-order valence-electron chi connectivity index (χ2n) is 17.1. The highest BCUT2D eigenvalue weighted by atomic mass is 16.5. The second kappa shape index (κ2) is 28.7. The minimum atomic E-state index is -1.11. The van der Waals surface area contributed by atoms with Gasteiger partial charge in [0.2, 0.25) is 0 Å². The first-order valence-electron chi connectivity index (χ1n) is 23.7. The van der Waals surface area contributed by atoms with Crippen LogP contribution in [0.2, 0.25) is 0 Å². The SMILES string of the molecule is C=CC(=O)OCCCCCCOc1ccc(OC(=O)C2CCC(COc3ccc(OCC4CCC(C(=O)Oc5ccc(OCCCCCCOC(=O)C=C)cc5)CC4)c(C(=O)O)c3)CC2)cc1. The third-order valence-corrected chi connectivity index (χ3v) is 12.0. The molecule has 2 aliphatic carbocycles. The van der Waals surface area contributed by atoms with E-state index in [0.717, 1.165) is 89.2 Å². The van der Waals surface area contributed by atoms with Gasteiger partial charge in [-0.05, 0) is 181 Å². The molecule has 0 bridgehead atoms. The fourth-order valence-electron chi connectivity index (χ4n) is 8.01. The number of carbonyl (C=O) groups is 5. The van der Waals surface area contributed by atoms with Crippen LogP contribution >= 0.6 is 0 Å². The lowest BCUT2D eigenvalue weighted by molar-refractivity contribution is -0.141. The number of esters is 4. The molecular formula is C53H66O14. The van der Waals surface area contributed by atoms with E-state index in [4.69, 9.17) is 37.9 Å². The van der Waals surface area contributed by atoms with Crippen molar-refractivity contribution in [3.63, 3.8) is 0 Å². The number of carboxylic acids is 1. The van der Waals surface area contributed by atoms with E-state index in [1.54, 1.807) is 60.7 Å². The molecule has 0 heterocycles. The number of benzene rings is 3. The van der Waals surface area contributed by atoms with E-state index >= 15 is 0 Å². The molecule has 5 rings (SSSR count). The van der Waals surface area contributed by atoms with E-state index in [9.17, 15) is 29.1 Å². The summed E-state index contributed by atoms with van der Waals surface area (Å²) < 4.78 is 45.0. The summed E-state index contributed by atoms with van der Waals surface area (Å²) in [5.41, 5.74) is 0.0235. The average molecular weight is 927 g/mol. The molecule has 0 aromatic heterocycles. The first-order chi connectivity index (χ1) is 32.6. The Morgan fingerprint density at radius 3 is 1.28 bits per heavy atom. The number of aromatic carboxylic acids is 1. The molecule has 0 unspecified atom stereocenters. The van der Waals surface area contributed by atoms with Crippen LogP contribution in [0.3, 0.4) is 0 Å². The lowest BCUT2D eigenvalue weighted by Gasteiger charge is -2.27. The van der Waals surface area contributed by atoms with Gasteiger partial charge in [0.25, 0.3) is 0 Å². The summed E-state index contributed by atoms with van der Waals surface area (Å²) in [5.74, 6) is 0.554. The zero-order chi connectivity index (χ0) is 47.6. The van der Waals surface area contributed by atoms with Crippen molar-refractivity contribution in [3.8, 4) is 34.5 Å². The predicted molar refractivity (Wildman–Crippen MR) is 250 cm³/mol. The number of hydrogen-bond donors (Lipinski definition) is 1. The smallest absolute Gasteiger partial charge is 0.339 e. The summed E-state index contributed by atoms with van der Waals surface area (Å²) in [4.78, 5) is 60.3. The lowest BCUT2D eigenvalue weighted by Crippen LogP contribution is -2.28. The van der Waals surface area contributed by atoms with E-state index in [-0.39, 0.29) is 46.9 Å². The fraction of sp³-hybridized carbons (Fsp3) is 0.491. The van der Waals surface area contributed by atoms with Gasteiger partial charge in [-0.3, -0.25) is 9.59 Å². The van der Waals surface area contributed by atoms with Crippen LogP contribution < -0.4 is 28.4 Å². The number of carboxylic acid groups (broad SMARTS) is 1. The Kier molecular flexibility index (Phi) is 22.1. The van der Waals surface area contributed by atoms with Crippen LogP contribution in [-0.2, 0) is 28.7 Å². The fourth-order valence-corrected chi connectivity index (χ4v) is 8.01. The minimum Gasteiger partial charge on any atom is -0.494 e. The van der Waals surface area contributed by atoms with Crippen LogP contribution in [0.5, 0.6) is 34.5 Å². The van der Waals surface area contributed by atoms with E-state index in [1.165, 1.54) is 6.07 Å². The average Bonchev–Trinajstić information content (AvgIpc) is 3.35. The van der Waals surface area contributed by atoms with Crippen molar-refractivity contribution in [2.24, 2.45) is 23.7 Å². The van der Waals surface area contributed by atoms with Crippen LogP contribution in [0, 0.1) is 23.7 Å². The van der Waals surface area contributed by atoms with E-state index in [0.29, 0.717) is 94.1 Å². The molecule has 14 heteroatoms. The molecule has 67 heavy (non-hydrogen) atoms. The zero-order valence-electron chi connectivity index (χ0n) is 38.5. The van der Waals surface area contributed by atoms with Gasteiger partial charge in [-0.1, -0.05) is 13.2 Å². The van der Waals surface area contributed by atoms with Crippen molar-refractivity contribution in [1.29, 1.82) is 0 Å². The van der Waals surface area contributed by atoms with Crippen molar-refractivity contribution in [2.45, 2.75) is 103 Å². The van der Waals surface area contributed by atoms with Gasteiger partial charge in [0.15, 0.2) is 0 Å². The normalized spacial score (nSPS) is 17.8. The number of carbonyl (C=O) groups excluding carboxylic acids is 4. The third kappa shape index (κ3) is 18.8. The summed E-state index contributed by atoms with van der Waals surface area (Å²) in [6.45, 7) is 9.39. The zero-order valence-corrected chi connectivity index (χ0v) is 38.5. The molecule has 0 saturated heterocycles. The summed E-state index contributed by atoms with van der Waals surface area (Å²) >= 11 is 0. The molecule has 3 aromatic rings. The Morgan fingerprint density at radius 2 is 0.866 bits per heavy atom. The molecule has 3 aromatic carbocycles. The van der Waals surface area contributed by atoms with Gasteiger partial charge in [-0.25, -0.2) is 14.4 Å². The standard InChI is InChI=1S/C53H66O14/c1-3-49(54)62-33-11-7-5-9-31-60-42-21-25-44(26-22-42)66-52(58)40-17-13-38(14-18-40)36-64-46-29-30-48(47(35-46)51(56)57)65-37-39-15-19-41(20-16-39)53(59)67-45-27-23-43(24-28-45)61-32-10-6-8-12-34-63-50(55)4-2/h3-4,21-30,35,38-41H,1-2,5-20,31-34,36-37H2,(H,56,57). The van der Waals surface area contributed by atoms with Crippen LogP contribution in [0.1, 0.15) is 113 Å². The molecule has 362 valence electrons. The molecular weight excluding hydrogens is 861 g/mol. The van der Waals surface area contributed by atoms with Gasteiger partial charge < -0.3 is 43.0 Å². The molecule has 14 nitrogen and oxygen atoms in total. The Hall–Kier alpha value is -6.31. The first kappa shape index (κ1) is 51.7. The van der Waals surface area contributed by atoms with Crippen molar-refractivity contribution in [1.82, 2.24) is 0 Å². The maximum atomic E-state index is 13.0. The van der Waals surface area contributed by atoms with E-state index in [1.807, 2.05) is 0 Å². The molecule has 0 atom stereocenters. The van der Waals surface area contributed by atoms with Gasteiger partial charge in [-0.2, -0.15) is 0 Å². The number of ether oxygens (including phenoxy) is 8. The Morgan fingerprint density at radius 1 is 0.478 bits per heavy atom. The summed E-state index contributed by atoms with van der Waals surface area (Å²) in [6, 6.07) is 18.9. The Balaban J connectivity index is 0.927. The van der Waals surface area contributed by atoms with Crippen molar-refractivity contribution < 1.29 is 67.0 Å². The Bertz CT molecular complexity index is 2030. The number of unbranched alkanes of at least 4 members (excludes halogenated alkanes) is 6. The number of rotatable bonds is 29. The summed E-state index contributed by atoms with van der Waals surface area (Å²) in [6.07, 6.45) is 15.2. The molecule has 2 fully saturated rings. The van der Waals surface area contributed by atoms with Gasteiger partial charge >= 0.3 is 29.8 Å². The first-order valence-corrected chi connectivity index (χ1v) is 23.7. The maximum Gasteiger partial charge on any atom is 0.339 e. The topological polar surface area (TPSA) is 179 Å². The van der Waals surface area contributed by atoms with E-state index in [2.05, 4.69) is 13.2 Å². The van der Waals surface area contributed by atoms with Crippen LogP contribution in [0.4, 0.5) is 0 Å². The summed E-state index contributed by atoms with van der Waals surface area (Å²) in [5, 5.41) is 10.00. The van der Waals surface area contributed by atoms with Crippen molar-refractivity contribution >= 4 is 29.8 Å². The maximum absolute atomic E-state index is 13.0. The summed E-state index contributed by atoms with van der Waals surface area (Å²) in [7, 11) is 0. The molecule has 0 amide bonds. The van der Waals surface area contributed by atoms with Gasteiger partial charge in [0.1, 0.15) is 40.1 Å². The van der Waals surface area contributed by atoms with Gasteiger partial charge in [-0.15, -0.1) is 0 Å². The molecule has 2 saturated carbocycles.